The van der Waals surface area contributed by atoms with E-state index in [0.717, 1.165) is 6.07 Å². The molecular weight excluding hydrogens is 410 g/mol. The van der Waals surface area contributed by atoms with E-state index in [2.05, 4.69) is 10.3 Å². The van der Waals surface area contributed by atoms with Gasteiger partial charge in [0, 0.05) is 36.5 Å². The van der Waals surface area contributed by atoms with Crippen molar-refractivity contribution >= 4 is 46.3 Å². The topological polar surface area (TPSA) is 72.8 Å². The zero-order valence-corrected chi connectivity index (χ0v) is 16.7. The van der Waals surface area contributed by atoms with Gasteiger partial charge in [-0.05, 0) is 18.2 Å². The molecule has 2 N–H and O–H groups in total. The summed E-state index contributed by atoms with van der Waals surface area (Å²) in [6.45, 7) is 0.807. The van der Waals surface area contributed by atoms with Crippen molar-refractivity contribution in [3.8, 4) is 17.2 Å². The molecule has 3 aromatic rings. The van der Waals surface area contributed by atoms with Gasteiger partial charge in [-0.2, -0.15) is 0 Å². The molecule has 1 aromatic heterocycles. The molecule has 0 radical (unpaired) electrons. The lowest BCUT2D eigenvalue weighted by Gasteiger charge is -2.15. The van der Waals surface area contributed by atoms with Gasteiger partial charge in [0.05, 0.1) is 29.9 Å². The number of phenolic OH excluding ortho intramolecular Hbond substituents is 1. The van der Waals surface area contributed by atoms with E-state index in [1.54, 1.807) is 31.5 Å². The number of nitrogens with zero attached hydrogens (tertiary/aromatic N) is 1. The number of hydrogen-bond acceptors (Lipinski definition) is 6. The van der Waals surface area contributed by atoms with Gasteiger partial charge in [0.15, 0.2) is 11.5 Å². The molecule has 0 atom stereocenters. The number of ether oxygens (including phenoxy) is 3. The van der Waals surface area contributed by atoms with Crippen LogP contribution in [0.15, 0.2) is 36.5 Å². The molecule has 0 aliphatic carbocycles. The zero-order chi connectivity index (χ0) is 19.4. The second-order valence-electron chi connectivity index (χ2n) is 5.63. The van der Waals surface area contributed by atoms with Crippen molar-refractivity contribution in [2.75, 3.05) is 32.8 Å². The summed E-state index contributed by atoms with van der Waals surface area (Å²) in [7, 11) is 3.12. The summed E-state index contributed by atoms with van der Waals surface area (Å²) in [4.78, 5) is 4.33. The maximum Gasteiger partial charge on any atom is 0.163 e. The molecule has 0 aliphatic heterocycles. The van der Waals surface area contributed by atoms with Crippen molar-refractivity contribution in [1.29, 1.82) is 0 Å². The molecule has 150 valence electrons. The quantitative estimate of drug-likeness (QED) is 0.519. The molecule has 1 heterocycles. The third kappa shape index (κ3) is 4.67. The first-order chi connectivity index (χ1) is 13.0. The number of nitrogens with one attached hydrogen (secondary N) is 1. The monoisotopic (exact) mass is 428 g/mol. The molecule has 0 bridgehead atoms. The maximum absolute atomic E-state index is 14.2. The molecule has 0 aliphatic rings. The van der Waals surface area contributed by atoms with Gasteiger partial charge in [0.2, 0.25) is 0 Å². The van der Waals surface area contributed by atoms with Crippen molar-refractivity contribution in [2.24, 2.45) is 0 Å². The van der Waals surface area contributed by atoms with E-state index < -0.39 is 5.82 Å². The molecule has 0 fully saturated rings. The van der Waals surface area contributed by atoms with Crippen LogP contribution in [0.1, 0.15) is 0 Å². The van der Waals surface area contributed by atoms with Crippen LogP contribution in [0.2, 0.25) is 5.02 Å². The van der Waals surface area contributed by atoms with Gasteiger partial charge < -0.3 is 24.6 Å². The van der Waals surface area contributed by atoms with Crippen LogP contribution < -0.4 is 14.8 Å². The Bertz CT molecular complexity index is 972. The first kappa shape index (κ1) is 21.8. The standard InChI is InChI=1S/C19H18ClFN2O4.ClH/c1-25-5-6-27-19-10-15-11(7-18(19)26-2)14(3-4-22-15)23-16-9-17(24)12(20)8-13(16)21;/h3-4,7-10,24H,5-6H2,1-2H3,(H,22,23);1H. The van der Waals surface area contributed by atoms with Crippen molar-refractivity contribution in [3.05, 3.63) is 47.4 Å². The van der Waals surface area contributed by atoms with Gasteiger partial charge in [-0.1, -0.05) is 11.6 Å². The number of rotatable bonds is 7. The summed E-state index contributed by atoms with van der Waals surface area (Å²) >= 11 is 5.73. The molecule has 6 nitrogen and oxygen atoms in total. The number of methoxy groups -OCH3 is 2. The molecule has 2 aromatic carbocycles. The van der Waals surface area contributed by atoms with Crippen molar-refractivity contribution in [3.63, 3.8) is 0 Å². The Morgan fingerprint density at radius 2 is 1.89 bits per heavy atom. The number of hydrogen-bond donors (Lipinski definition) is 2. The van der Waals surface area contributed by atoms with E-state index in [1.807, 2.05) is 0 Å². The van der Waals surface area contributed by atoms with Crippen LogP contribution in [0, 0.1) is 5.82 Å². The summed E-state index contributed by atoms with van der Waals surface area (Å²) in [5.41, 5.74) is 1.30. The molecule has 0 unspecified atom stereocenters. The minimum Gasteiger partial charge on any atom is -0.506 e. The Morgan fingerprint density at radius 1 is 1.11 bits per heavy atom. The Morgan fingerprint density at radius 3 is 2.61 bits per heavy atom. The Balaban J connectivity index is 0.00000280. The number of benzene rings is 2. The Labute approximate surface area is 172 Å². The van der Waals surface area contributed by atoms with E-state index in [9.17, 15) is 9.50 Å². The lowest BCUT2D eigenvalue weighted by Crippen LogP contribution is -2.05. The van der Waals surface area contributed by atoms with Crippen molar-refractivity contribution in [2.45, 2.75) is 0 Å². The lowest BCUT2D eigenvalue weighted by atomic mass is 10.1. The van der Waals surface area contributed by atoms with Crippen molar-refractivity contribution < 1.29 is 23.7 Å². The highest BCUT2D eigenvalue weighted by molar-refractivity contribution is 6.32. The lowest BCUT2D eigenvalue weighted by molar-refractivity contribution is 0.144. The van der Waals surface area contributed by atoms with Gasteiger partial charge in [0.1, 0.15) is 18.2 Å². The molecular formula is C19H19Cl2FN2O4. The SMILES string of the molecule is COCCOc1cc2nccc(Nc3cc(O)c(Cl)cc3F)c2cc1OC.Cl. The fourth-order valence-electron chi connectivity index (χ4n) is 2.55. The van der Waals surface area contributed by atoms with E-state index >= 15 is 0 Å². The fourth-order valence-corrected chi connectivity index (χ4v) is 2.70. The van der Waals surface area contributed by atoms with Gasteiger partial charge in [-0.15, -0.1) is 12.4 Å². The van der Waals surface area contributed by atoms with Crippen LogP contribution in [0.5, 0.6) is 17.2 Å². The number of halogens is 3. The summed E-state index contributed by atoms with van der Waals surface area (Å²) in [6, 6.07) is 7.46. The van der Waals surface area contributed by atoms with Crippen molar-refractivity contribution in [1.82, 2.24) is 4.98 Å². The second kappa shape index (κ2) is 9.64. The summed E-state index contributed by atoms with van der Waals surface area (Å²) in [5.74, 6) is 0.232. The highest BCUT2D eigenvalue weighted by atomic mass is 35.5. The average molecular weight is 429 g/mol. The molecule has 3 rings (SSSR count). The predicted octanol–water partition coefficient (Wildman–Crippen LogP) is 4.93. The van der Waals surface area contributed by atoms with Gasteiger partial charge in [-0.3, -0.25) is 4.98 Å². The van der Waals surface area contributed by atoms with Crippen LogP contribution in [0.3, 0.4) is 0 Å². The number of aromatic nitrogens is 1. The highest BCUT2D eigenvalue weighted by Gasteiger charge is 2.13. The molecule has 0 spiro atoms. The molecule has 0 saturated carbocycles. The first-order valence-corrected chi connectivity index (χ1v) is 8.44. The molecule has 0 saturated heterocycles. The first-order valence-electron chi connectivity index (χ1n) is 8.07. The molecule has 9 heteroatoms. The summed E-state index contributed by atoms with van der Waals surface area (Å²) in [6.07, 6.45) is 1.59. The van der Waals surface area contributed by atoms with E-state index in [-0.39, 0.29) is 28.9 Å². The predicted molar refractivity (Wildman–Crippen MR) is 109 cm³/mol. The Hall–Kier alpha value is -2.48. The van der Waals surface area contributed by atoms with E-state index in [4.69, 9.17) is 25.8 Å². The third-order valence-electron chi connectivity index (χ3n) is 3.88. The fraction of sp³-hybridized carbons (Fsp3) is 0.211. The number of phenols is 1. The minimum atomic E-state index is -0.589. The van der Waals surface area contributed by atoms with Crippen LogP contribution in [0.25, 0.3) is 10.9 Å². The smallest absolute Gasteiger partial charge is 0.163 e. The van der Waals surface area contributed by atoms with Crippen LogP contribution >= 0.6 is 24.0 Å². The highest BCUT2D eigenvalue weighted by Crippen LogP contribution is 2.37. The minimum absolute atomic E-state index is 0. The summed E-state index contributed by atoms with van der Waals surface area (Å²) < 4.78 is 30.2. The average Bonchev–Trinajstić information content (AvgIpc) is 2.66. The van der Waals surface area contributed by atoms with Gasteiger partial charge >= 0.3 is 0 Å². The largest absolute Gasteiger partial charge is 0.506 e. The van der Waals surface area contributed by atoms with Gasteiger partial charge in [-0.25, -0.2) is 4.39 Å². The molecule has 0 amide bonds. The Kier molecular flexibility index (Phi) is 7.51. The van der Waals surface area contributed by atoms with Gasteiger partial charge in [0.25, 0.3) is 0 Å². The number of fused-ring (bicyclic) bond motifs is 1. The normalized spacial score (nSPS) is 10.4. The zero-order valence-electron chi connectivity index (χ0n) is 15.2. The van der Waals surface area contributed by atoms with E-state index in [0.29, 0.717) is 41.3 Å². The third-order valence-corrected chi connectivity index (χ3v) is 4.18. The van der Waals surface area contributed by atoms with Crippen LogP contribution in [-0.4, -0.2) is 37.5 Å². The van der Waals surface area contributed by atoms with E-state index in [1.165, 1.54) is 13.2 Å². The number of aromatic hydroxyl groups is 1. The number of pyridine rings is 1. The molecule has 28 heavy (non-hydrogen) atoms. The maximum atomic E-state index is 14.2. The van der Waals surface area contributed by atoms with Crippen LogP contribution in [-0.2, 0) is 4.74 Å². The van der Waals surface area contributed by atoms with Crippen LogP contribution in [0.4, 0.5) is 15.8 Å². The second-order valence-corrected chi connectivity index (χ2v) is 6.04. The summed E-state index contributed by atoms with van der Waals surface area (Å²) in [5, 5.41) is 13.3. The number of anilines is 2.